The molecule has 0 bridgehead atoms. The summed E-state index contributed by atoms with van der Waals surface area (Å²) in [6, 6.07) is 13.1. The molecular formula is C21H15BrClN3O5S. The van der Waals surface area contributed by atoms with Gasteiger partial charge in [-0.1, -0.05) is 23.4 Å². The molecule has 0 radical (unpaired) electrons. The van der Waals surface area contributed by atoms with Gasteiger partial charge in [0.05, 0.1) is 22.6 Å². The van der Waals surface area contributed by atoms with E-state index < -0.39 is 10.4 Å². The Hall–Kier alpha value is -2.95. The van der Waals surface area contributed by atoms with E-state index >= 15 is 0 Å². The zero-order valence-electron chi connectivity index (χ0n) is 16.4. The largest absolute Gasteiger partial charge is 0.495 e. The number of ether oxygens (including phenoxy) is 1. The van der Waals surface area contributed by atoms with Gasteiger partial charge >= 0.3 is 0 Å². The van der Waals surface area contributed by atoms with Crippen LogP contribution >= 0.6 is 39.3 Å². The van der Waals surface area contributed by atoms with Crippen LogP contribution in [0.4, 0.5) is 11.4 Å². The normalized spacial score (nSPS) is 16.8. The van der Waals surface area contributed by atoms with E-state index in [-0.39, 0.29) is 11.6 Å². The number of nitrogens with zero attached hydrogens (tertiary/aromatic N) is 1. The summed E-state index contributed by atoms with van der Waals surface area (Å²) in [7, 11) is 1.55. The van der Waals surface area contributed by atoms with Crippen LogP contribution < -0.4 is 15.4 Å². The quantitative estimate of drug-likeness (QED) is 0.230. The molecule has 0 saturated carbocycles. The first kappa shape index (κ1) is 22.3. The Balaban J connectivity index is 1.51. The summed E-state index contributed by atoms with van der Waals surface area (Å²) in [5.41, 5.74) is 0.876. The van der Waals surface area contributed by atoms with E-state index in [4.69, 9.17) is 20.8 Å². The van der Waals surface area contributed by atoms with Crippen molar-refractivity contribution in [2.75, 3.05) is 12.4 Å². The van der Waals surface area contributed by atoms with Crippen molar-refractivity contribution >= 4 is 62.7 Å². The van der Waals surface area contributed by atoms with Gasteiger partial charge in [0.1, 0.15) is 17.3 Å². The Bertz CT molecular complexity index is 1250. The molecule has 1 saturated heterocycles. The van der Waals surface area contributed by atoms with Crippen molar-refractivity contribution in [3.63, 3.8) is 0 Å². The second-order valence-corrected chi connectivity index (χ2v) is 9.03. The van der Waals surface area contributed by atoms with Crippen LogP contribution in [0.5, 0.6) is 5.75 Å². The summed E-state index contributed by atoms with van der Waals surface area (Å²) >= 11 is 10.7. The van der Waals surface area contributed by atoms with Crippen molar-refractivity contribution in [3.05, 3.63) is 78.8 Å². The number of nitro groups is 1. The maximum atomic E-state index is 12.4. The number of non-ortho nitro benzene ring substituents is 1. The lowest BCUT2D eigenvalue weighted by molar-refractivity contribution is -0.384. The number of benzene rings is 2. The molecular weight excluding hydrogens is 522 g/mol. The molecule has 1 atom stereocenters. The Labute approximate surface area is 200 Å². The summed E-state index contributed by atoms with van der Waals surface area (Å²) in [6.45, 7) is 0. The molecule has 1 aliphatic rings. The highest BCUT2D eigenvalue weighted by molar-refractivity contribution is 9.10. The number of nitrogens with one attached hydrogen (secondary N) is 2. The summed E-state index contributed by atoms with van der Waals surface area (Å²) in [6.07, 6.45) is 1.64. The number of furan rings is 1. The molecule has 11 heteroatoms. The number of rotatable bonds is 6. The lowest BCUT2D eigenvalue weighted by Gasteiger charge is -2.15. The minimum atomic E-state index is -0.466. The molecule has 32 heavy (non-hydrogen) atoms. The van der Waals surface area contributed by atoms with Crippen LogP contribution in [0, 0.1) is 10.1 Å². The predicted molar refractivity (Wildman–Crippen MR) is 128 cm³/mol. The first-order valence-electron chi connectivity index (χ1n) is 9.17. The minimum absolute atomic E-state index is 0.0246. The topological polar surface area (TPSA) is 107 Å². The second-order valence-electron chi connectivity index (χ2n) is 6.59. The van der Waals surface area contributed by atoms with Gasteiger partial charge in [0.2, 0.25) is 0 Å². The van der Waals surface area contributed by atoms with Crippen molar-refractivity contribution in [3.8, 4) is 17.1 Å². The molecule has 3 aromatic rings. The zero-order valence-corrected chi connectivity index (χ0v) is 19.6. The van der Waals surface area contributed by atoms with E-state index in [0.717, 1.165) is 0 Å². The van der Waals surface area contributed by atoms with E-state index in [1.165, 1.54) is 23.9 Å². The Kier molecular flexibility index (Phi) is 6.45. The third-order valence-electron chi connectivity index (χ3n) is 4.51. The van der Waals surface area contributed by atoms with E-state index in [9.17, 15) is 14.9 Å². The number of halogens is 2. The maximum absolute atomic E-state index is 12.4. The van der Waals surface area contributed by atoms with Crippen LogP contribution in [0.15, 0.2) is 62.3 Å². The van der Waals surface area contributed by atoms with E-state index in [1.54, 1.807) is 49.6 Å². The van der Waals surface area contributed by atoms with Gasteiger partial charge in [-0.15, -0.1) is 0 Å². The number of amides is 1. The van der Waals surface area contributed by atoms with Crippen molar-refractivity contribution in [1.29, 1.82) is 0 Å². The maximum Gasteiger partial charge on any atom is 0.270 e. The lowest BCUT2D eigenvalue weighted by Crippen LogP contribution is -2.31. The molecule has 2 heterocycles. The third kappa shape index (κ3) is 4.77. The molecule has 1 unspecified atom stereocenters. The van der Waals surface area contributed by atoms with E-state index in [0.29, 0.717) is 42.9 Å². The number of carbonyl (C=O) groups is 1. The number of nitro benzene ring substituents is 1. The van der Waals surface area contributed by atoms with Gasteiger partial charge in [0.25, 0.3) is 11.6 Å². The molecule has 1 aliphatic heterocycles. The van der Waals surface area contributed by atoms with Crippen LogP contribution in [0.1, 0.15) is 5.76 Å². The first-order chi connectivity index (χ1) is 15.3. The molecule has 4 rings (SSSR count). The summed E-state index contributed by atoms with van der Waals surface area (Å²) in [5.74, 6) is 1.35. The monoisotopic (exact) mass is 535 g/mol. The summed E-state index contributed by atoms with van der Waals surface area (Å²) in [5, 5.41) is 17.5. The molecule has 8 nitrogen and oxygen atoms in total. The van der Waals surface area contributed by atoms with Crippen LogP contribution in [0.3, 0.4) is 0 Å². The van der Waals surface area contributed by atoms with Gasteiger partial charge in [-0.3, -0.25) is 14.9 Å². The molecule has 2 aromatic carbocycles. The van der Waals surface area contributed by atoms with Gasteiger partial charge in [-0.05, 0) is 52.3 Å². The number of thioether (sulfide) groups is 1. The molecule has 164 valence electrons. The predicted octanol–water partition coefficient (Wildman–Crippen LogP) is 5.88. The van der Waals surface area contributed by atoms with Crippen LogP contribution in [-0.2, 0) is 4.79 Å². The van der Waals surface area contributed by atoms with Gasteiger partial charge < -0.3 is 19.8 Å². The van der Waals surface area contributed by atoms with Crippen molar-refractivity contribution in [2.24, 2.45) is 0 Å². The number of anilines is 1. The summed E-state index contributed by atoms with van der Waals surface area (Å²) in [4.78, 5) is 23.3. The average Bonchev–Trinajstić information content (AvgIpc) is 3.34. The standard InChI is InChI=1S/C21H15BrClN3O5S/c1-30-18-6-2-11(23)8-16(18)24-21-25-20(27)19(32-21)10-13-4-7-17(31-13)14-5-3-12(26(28)29)9-15(14)22/h2-10,21,24H,1H3,(H,25,27)/b19-10-. The summed E-state index contributed by atoms with van der Waals surface area (Å²) < 4.78 is 11.7. The third-order valence-corrected chi connectivity index (χ3v) is 6.43. The molecule has 0 aliphatic carbocycles. The van der Waals surface area contributed by atoms with Gasteiger partial charge in [0, 0.05) is 33.3 Å². The van der Waals surface area contributed by atoms with Crippen molar-refractivity contribution in [2.45, 2.75) is 5.50 Å². The average molecular weight is 537 g/mol. The van der Waals surface area contributed by atoms with Gasteiger partial charge in [-0.25, -0.2) is 0 Å². The number of hydrogen-bond acceptors (Lipinski definition) is 7. The fraction of sp³-hybridized carbons (Fsp3) is 0.0952. The van der Waals surface area contributed by atoms with Crippen LogP contribution in [-0.4, -0.2) is 23.4 Å². The fourth-order valence-corrected chi connectivity index (χ4v) is 4.71. The van der Waals surface area contributed by atoms with Crippen molar-refractivity contribution < 1.29 is 18.9 Å². The SMILES string of the molecule is COc1ccc(Cl)cc1NC1NC(=O)/C(=C/c2ccc(-c3ccc([N+](=O)[O-])cc3Br)o2)S1. The minimum Gasteiger partial charge on any atom is -0.495 e. The van der Waals surface area contributed by atoms with Crippen LogP contribution in [0.2, 0.25) is 5.02 Å². The van der Waals surface area contributed by atoms with Crippen molar-refractivity contribution in [1.82, 2.24) is 5.32 Å². The Morgan fingerprint density at radius 1 is 1.28 bits per heavy atom. The van der Waals surface area contributed by atoms with Gasteiger partial charge in [-0.2, -0.15) is 0 Å². The number of hydrogen-bond donors (Lipinski definition) is 2. The molecule has 1 fully saturated rings. The Morgan fingerprint density at radius 3 is 2.81 bits per heavy atom. The zero-order chi connectivity index (χ0) is 22.8. The highest BCUT2D eigenvalue weighted by Crippen LogP contribution is 2.36. The number of methoxy groups -OCH3 is 1. The highest BCUT2D eigenvalue weighted by atomic mass is 79.9. The van der Waals surface area contributed by atoms with Gasteiger partial charge in [0.15, 0.2) is 5.50 Å². The fourth-order valence-electron chi connectivity index (χ4n) is 3.02. The highest BCUT2D eigenvalue weighted by Gasteiger charge is 2.28. The molecule has 1 aromatic heterocycles. The number of carbonyl (C=O) groups excluding carboxylic acids is 1. The Morgan fingerprint density at radius 2 is 2.09 bits per heavy atom. The molecule has 2 N–H and O–H groups in total. The second kappa shape index (κ2) is 9.27. The van der Waals surface area contributed by atoms with E-state index in [2.05, 4.69) is 26.6 Å². The molecule has 1 amide bonds. The lowest BCUT2D eigenvalue weighted by atomic mass is 10.1. The molecule has 0 spiro atoms. The van der Waals surface area contributed by atoms with E-state index in [1.807, 2.05) is 0 Å². The first-order valence-corrected chi connectivity index (χ1v) is 11.2. The van der Waals surface area contributed by atoms with Crippen LogP contribution in [0.25, 0.3) is 17.4 Å². The smallest absolute Gasteiger partial charge is 0.270 e.